The Morgan fingerprint density at radius 3 is 2.81 bits per heavy atom. The molecule has 1 aromatic carbocycles. The van der Waals surface area contributed by atoms with Gasteiger partial charge in [-0.05, 0) is 24.6 Å². The molecule has 1 heterocycles. The molecule has 1 unspecified atom stereocenters. The third kappa shape index (κ3) is 2.96. The van der Waals surface area contributed by atoms with Crippen molar-refractivity contribution in [1.29, 1.82) is 0 Å². The summed E-state index contributed by atoms with van der Waals surface area (Å²) < 4.78 is 5.21. The lowest BCUT2D eigenvalue weighted by Gasteiger charge is -2.24. The highest BCUT2D eigenvalue weighted by Gasteiger charge is 2.26. The van der Waals surface area contributed by atoms with Crippen molar-refractivity contribution in [1.82, 2.24) is 4.90 Å². The van der Waals surface area contributed by atoms with Gasteiger partial charge in [-0.3, -0.25) is 9.59 Å². The molecule has 2 amide bonds. The number of fused-ring (bicyclic) bond motifs is 1. The number of carbonyl (C=O) groups excluding carboxylic acids is 2. The summed E-state index contributed by atoms with van der Waals surface area (Å²) in [5.41, 5.74) is 0.704. The fourth-order valence-corrected chi connectivity index (χ4v) is 2.18. The van der Waals surface area contributed by atoms with Crippen LogP contribution in [0.4, 0.5) is 5.69 Å². The van der Waals surface area contributed by atoms with Gasteiger partial charge in [0.1, 0.15) is 11.8 Å². The summed E-state index contributed by atoms with van der Waals surface area (Å²) in [7, 11) is 1.44. The fraction of sp³-hybridized carbons (Fsp3) is 0.357. The first-order chi connectivity index (χ1) is 9.93. The first-order valence-electron chi connectivity index (χ1n) is 6.50. The van der Waals surface area contributed by atoms with E-state index in [2.05, 4.69) is 5.32 Å². The first-order valence-corrected chi connectivity index (χ1v) is 6.50. The number of carboxylic acids is 1. The zero-order valence-electron chi connectivity index (χ0n) is 11.8. The Bertz CT molecular complexity index is 599. The molecule has 1 aliphatic rings. The average molecular weight is 292 g/mol. The Kier molecular flexibility index (Phi) is 4.11. The van der Waals surface area contributed by atoms with Gasteiger partial charge in [0, 0.05) is 12.6 Å². The van der Waals surface area contributed by atoms with Crippen LogP contribution in [0.25, 0.3) is 0 Å². The number of hydrogen-bond acceptors (Lipinski definition) is 4. The molecule has 0 saturated carbocycles. The standard InChI is InChI=1S/C14H16N2O5/c1-3-10(14(19)20)16(2)13(18)8-4-5-11-9(6-8)15-12(17)7-21-11/h4-6,10H,3,7H2,1-2H3,(H,15,17)(H,19,20). The maximum atomic E-state index is 12.3. The Labute approximate surface area is 121 Å². The second-order valence-electron chi connectivity index (χ2n) is 4.73. The molecule has 1 aromatic rings. The van der Waals surface area contributed by atoms with Crippen LogP contribution in [0.2, 0.25) is 0 Å². The van der Waals surface area contributed by atoms with Crippen LogP contribution in [0.1, 0.15) is 23.7 Å². The smallest absolute Gasteiger partial charge is 0.326 e. The molecule has 7 nitrogen and oxygen atoms in total. The molecular formula is C14H16N2O5. The number of rotatable bonds is 4. The number of nitrogens with zero attached hydrogens (tertiary/aromatic N) is 1. The minimum atomic E-state index is -1.05. The van der Waals surface area contributed by atoms with Crippen LogP contribution >= 0.6 is 0 Å². The number of ether oxygens (including phenoxy) is 1. The summed E-state index contributed by atoms with van der Waals surface area (Å²) in [5, 5.41) is 11.7. The topological polar surface area (TPSA) is 95.9 Å². The van der Waals surface area contributed by atoms with E-state index >= 15 is 0 Å². The van der Waals surface area contributed by atoms with E-state index in [9.17, 15) is 14.4 Å². The molecule has 0 fully saturated rings. The first kappa shape index (κ1) is 14.8. The van der Waals surface area contributed by atoms with Crippen LogP contribution in [0, 0.1) is 0 Å². The van der Waals surface area contributed by atoms with Gasteiger partial charge in [0.15, 0.2) is 6.61 Å². The molecular weight excluding hydrogens is 276 g/mol. The number of carbonyl (C=O) groups is 3. The number of carboxylic acid groups (broad SMARTS) is 1. The van der Waals surface area contributed by atoms with Crippen molar-refractivity contribution in [2.24, 2.45) is 0 Å². The third-order valence-electron chi connectivity index (χ3n) is 3.32. The average Bonchev–Trinajstić information content (AvgIpc) is 2.45. The summed E-state index contributed by atoms with van der Waals surface area (Å²) >= 11 is 0. The molecule has 0 bridgehead atoms. The van der Waals surface area contributed by atoms with Crippen molar-refractivity contribution in [3.63, 3.8) is 0 Å². The van der Waals surface area contributed by atoms with E-state index < -0.39 is 17.9 Å². The second-order valence-corrected chi connectivity index (χ2v) is 4.73. The second kappa shape index (κ2) is 5.82. The van der Waals surface area contributed by atoms with Crippen LogP contribution < -0.4 is 10.1 Å². The van der Waals surface area contributed by atoms with E-state index in [0.29, 0.717) is 23.4 Å². The van der Waals surface area contributed by atoms with Crippen molar-refractivity contribution >= 4 is 23.5 Å². The summed E-state index contributed by atoms with van der Waals surface area (Å²) in [5.74, 6) is -1.29. The zero-order valence-corrected chi connectivity index (χ0v) is 11.8. The highest BCUT2D eigenvalue weighted by molar-refractivity contribution is 6.00. The van der Waals surface area contributed by atoms with E-state index in [0.717, 1.165) is 0 Å². The number of anilines is 1. The Hall–Kier alpha value is -2.57. The normalized spacial score (nSPS) is 14.5. The highest BCUT2D eigenvalue weighted by atomic mass is 16.5. The molecule has 0 spiro atoms. The number of likely N-dealkylation sites (N-methyl/N-ethyl adjacent to an activating group) is 1. The van der Waals surface area contributed by atoms with Crippen molar-refractivity contribution in [3.8, 4) is 5.75 Å². The molecule has 1 aliphatic heterocycles. The van der Waals surface area contributed by atoms with Crippen LogP contribution in [0.5, 0.6) is 5.75 Å². The van der Waals surface area contributed by atoms with Gasteiger partial charge < -0.3 is 20.1 Å². The van der Waals surface area contributed by atoms with E-state index in [4.69, 9.17) is 9.84 Å². The fourth-order valence-electron chi connectivity index (χ4n) is 2.18. The van der Waals surface area contributed by atoms with Gasteiger partial charge in [-0.2, -0.15) is 0 Å². The lowest BCUT2D eigenvalue weighted by molar-refractivity contribution is -0.142. The third-order valence-corrected chi connectivity index (χ3v) is 3.32. The van der Waals surface area contributed by atoms with Gasteiger partial charge in [0.2, 0.25) is 0 Å². The van der Waals surface area contributed by atoms with E-state index in [1.54, 1.807) is 19.1 Å². The molecule has 0 aromatic heterocycles. The maximum absolute atomic E-state index is 12.3. The molecule has 7 heteroatoms. The van der Waals surface area contributed by atoms with Crippen LogP contribution in [0.3, 0.4) is 0 Å². The maximum Gasteiger partial charge on any atom is 0.326 e. The van der Waals surface area contributed by atoms with Crippen molar-refractivity contribution < 1.29 is 24.2 Å². The van der Waals surface area contributed by atoms with E-state index in [1.165, 1.54) is 18.0 Å². The van der Waals surface area contributed by atoms with Gasteiger partial charge in [-0.25, -0.2) is 4.79 Å². The summed E-state index contributed by atoms with van der Waals surface area (Å²) in [6.07, 6.45) is 0.308. The van der Waals surface area contributed by atoms with E-state index in [1.807, 2.05) is 0 Å². The number of benzene rings is 1. The van der Waals surface area contributed by atoms with Gasteiger partial charge >= 0.3 is 5.97 Å². The SMILES string of the molecule is CCC(C(=O)O)N(C)C(=O)c1ccc2c(c1)NC(=O)CO2. The number of hydrogen-bond donors (Lipinski definition) is 2. The lowest BCUT2D eigenvalue weighted by Crippen LogP contribution is -2.42. The lowest BCUT2D eigenvalue weighted by atomic mass is 10.1. The highest BCUT2D eigenvalue weighted by Crippen LogP contribution is 2.29. The monoisotopic (exact) mass is 292 g/mol. The molecule has 1 atom stereocenters. The molecule has 2 N–H and O–H groups in total. The van der Waals surface area contributed by atoms with Crippen LogP contribution in [-0.4, -0.2) is 47.5 Å². The molecule has 0 aliphatic carbocycles. The molecule has 2 rings (SSSR count). The Morgan fingerprint density at radius 2 is 2.19 bits per heavy atom. The minimum absolute atomic E-state index is 0.0584. The Balaban J connectivity index is 2.25. The van der Waals surface area contributed by atoms with Gasteiger partial charge in [0.25, 0.3) is 11.8 Å². The predicted molar refractivity (Wildman–Crippen MR) is 74.4 cm³/mol. The summed E-state index contributed by atoms with van der Waals surface area (Å²) in [6.45, 7) is 1.64. The zero-order chi connectivity index (χ0) is 15.6. The quantitative estimate of drug-likeness (QED) is 0.861. The van der Waals surface area contributed by atoms with Gasteiger partial charge in [-0.1, -0.05) is 6.92 Å². The molecule has 21 heavy (non-hydrogen) atoms. The van der Waals surface area contributed by atoms with Crippen LogP contribution in [0.15, 0.2) is 18.2 Å². The van der Waals surface area contributed by atoms with Crippen LogP contribution in [-0.2, 0) is 9.59 Å². The van der Waals surface area contributed by atoms with Gasteiger partial charge in [0.05, 0.1) is 5.69 Å². The largest absolute Gasteiger partial charge is 0.482 e. The molecule has 112 valence electrons. The van der Waals surface area contributed by atoms with Crippen molar-refractivity contribution in [2.45, 2.75) is 19.4 Å². The van der Waals surface area contributed by atoms with Crippen molar-refractivity contribution in [2.75, 3.05) is 19.0 Å². The minimum Gasteiger partial charge on any atom is -0.482 e. The predicted octanol–water partition coefficient (Wildman–Crippen LogP) is 0.953. The number of amides is 2. The molecule has 0 radical (unpaired) electrons. The number of nitrogens with one attached hydrogen (secondary N) is 1. The summed E-state index contributed by atoms with van der Waals surface area (Å²) in [6, 6.07) is 3.72. The Morgan fingerprint density at radius 1 is 1.48 bits per heavy atom. The van der Waals surface area contributed by atoms with E-state index in [-0.39, 0.29) is 12.5 Å². The molecule has 0 saturated heterocycles. The summed E-state index contributed by atoms with van der Waals surface area (Å²) in [4.78, 5) is 35.9. The van der Waals surface area contributed by atoms with Crippen molar-refractivity contribution in [3.05, 3.63) is 23.8 Å². The number of aliphatic carboxylic acids is 1. The van der Waals surface area contributed by atoms with Gasteiger partial charge in [-0.15, -0.1) is 0 Å².